The maximum atomic E-state index is 12.4. The monoisotopic (exact) mass is 395 g/mol. The number of rotatable bonds is 5. The fraction of sp³-hybridized carbons (Fsp3) is 0.500. The average molecular weight is 396 g/mol. The molecule has 0 unspecified atom stereocenters. The Morgan fingerprint density at radius 1 is 1.38 bits per heavy atom. The molecule has 1 aromatic heterocycles. The molecule has 2 heterocycles. The van der Waals surface area contributed by atoms with Gasteiger partial charge in [0, 0.05) is 6.04 Å². The molecule has 0 bridgehead atoms. The Bertz CT molecular complexity index is 926. The first kappa shape index (κ1) is 18.8. The first-order chi connectivity index (χ1) is 12.2. The quantitative estimate of drug-likeness (QED) is 0.755. The highest BCUT2D eigenvalue weighted by molar-refractivity contribution is 8.00. The Labute approximate surface area is 156 Å². The van der Waals surface area contributed by atoms with Crippen LogP contribution >= 0.6 is 11.8 Å². The third-order valence-corrected chi connectivity index (χ3v) is 7.05. The van der Waals surface area contributed by atoms with Crippen LogP contribution in [0.3, 0.4) is 0 Å². The number of tetrazole rings is 1. The summed E-state index contributed by atoms with van der Waals surface area (Å²) in [7, 11) is -3.03. The maximum absolute atomic E-state index is 12.4. The molecule has 3 rings (SSSR count). The summed E-state index contributed by atoms with van der Waals surface area (Å²) in [5.74, 6) is -0.0758. The van der Waals surface area contributed by atoms with Crippen LogP contribution in [0.1, 0.15) is 24.5 Å². The summed E-state index contributed by atoms with van der Waals surface area (Å²) in [6.07, 6.45) is 0.464. The minimum atomic E-state index is -3.03. The number of nitrogens with one attached hydrogen (secondary N) is 1. The highest BCUT2D eigenvalue weighted by Crippen LogP contribution is 2.25. The van der Waals surface area contributed by atoms with E-state index in [4.69, 9.17) is 0 Å². The molecule has 1 saturated heterocycles. The van der Waals surface area contributed by atoms with Crippen LogP contribution in [0.25, 0.3) is 5.69 Å². The van der Waals surface area contributed by atoms with Gasteiger partial charge in [-0.2, -0.15) is 4.68 Å². The van der Waals surface area contributed by atoms with Gasteiger partial charge in [-0.05, 0) is 49.2 Å². The zero-order valence-corrected chi connectivity index (χ0v) is 16.5. The lowest BCUT2D eigenvalue weighted by Gasteiger charge is -2.15. The number of carbonyl (C=O) groups excluding carboxylic acids is 1. The minimum Gasteiger partial charge on any atom is -0.351 e. The zero-order valence-electron chi connectivity index (χ0n) is 14.8. The van der Waals surface area contributed by atoms with E-state index in [0.29, 0.717) is 11.6 Å². The van der Waals surface area contributed by atoms with Crippen molar-refractivity contribution >= 4 is 27.5 Å². The summed E-state index contributed by atoms with van der Waals surface area (Å²) in [5.41, 5.74) is 3.04. The molecule has 2 aromatic rings. The lowest BCUT2D eigenvalue weighted by molar-refractivity contribution is -0.120. The van der Waals surface area contributed by atoms with Gasteiger partial charge >= 0.3 is 0 Å². The molecular formula is C16H21N5O3S2. The standard InChI is InChI=1S/C16H21N5O3S2/c1-10-4-5-14(11(2)8-10)21-16(18-19-20-21)25-12(3)15(22)17-13-6-7-26(23,24)9-13/h4-5,8,12-13H,6-7,9H2,1-3H3,(H,17,22)/t12-,13-/m1/s1. The number of nitrogens with zero attached hydrogens (tertiary/aromatic N) is 4. The molecule has 8 nitrogen and oxygen atoms in total. The molecule has 1 aromatic carbocycles. The SMILES string of the molecule is Cc1ccc(-n2nnnc2S[C@H](C)C(=O)N[C@@H]2CCS(=O)(=O)C2)c(C)c1. The largest absolute Gasteiger partial charge is 0.351 e. The van der Waals surface area contributed by atoms with Crippen molar-refractivity contribution in [3.8, 4) is 5.69 Å². The van der Waals surface area contributed by atoms with Crippen LogP contribution in [0.5, 0.6) is 0 Å². The Hall–Kier alpha value is -1.94. The van der Waals surface area contributed by atoms with Gasteiger partial charge in [0.25, 0.3) is 0 Å². The van der Waals surface area contributed by atoms with Crippen molar-refractivity contribution in [2.75, 3.05) is 11.5 Å². The van der Waals surface area contributed by atoms with Crippen LogP contribution < -0.4 is 5.32 Å². The second-order valence-electron chi connectivity index (χ2n) is 6.53. The van der Waals surface area contributed by atoms with Gasteiger partial charge in [-0.25, -0.2) is 8.42 Å². The number of sulfone groups is 1. The molecule has 0 aliphatic carbocycles. The van der Waals surface area contributed by atoms with E-state index in [1.807, 2.05) is 32.0 Å². The summed E-state index contributed by atoms with van der Waals surface area (Å²) in [5, 5.41) is 14.7. The van der Waals surface area contributed by atoms with Crippen LogP contribution in [-0.4, -0.2) is 57.3 Å². The molecule has 10 heteroatoms. The molecule has 1 aliphatic rings. The van der Waals surface area contributed by atoms with Gasteiger partial charge in [0.05, 0.1) is 22.4 Å². The van der Waals surface area contributed by atoms with Gasteiger partial charge in [-0.3, -0.25) is 4.79 Å². The third kappa shape index (κ3) is 4.24. The minimum absolute atomic E-state index is 0.0103. The first-order valence-corrected chi connectivity index (χ1v) is 11.0. The van der Waals surface area contributed by atoms with Crippen molar-refractivity contribution in [1.29, 1.82) is 0 Å². The lowest BCUT2D eigenvalue weighted by atomic mass is 10.1. The van der Waals surface area contributed by atoms with Crippen LogP contribution in [0.2, 0.25) is 0 Å². The number of hydrogen-bond acceptors (Lipinski definition) is 7. The van der Waals surface area contributed by atoms with E-state index in [9.17, 15) is 13.2 Å². The number of aryl methyl sites for hydroxylation is 2. The molecule has 1 amide bonds. The predicted molar refractivity (Wildman–Crippen MR) is 99.1 cm³/mol. The van der Waals surface area contributed by atoms with E-state index in [-0.39, 0.29) is 23.5 Å². The van der Waals surface area contributed by atoms with E-state index >= 15 is 0 Å². The van der Waals surface area contributed by atoms with Crippen molar-refractivity contribution < 1.29 is 13.2 Å². The van der Waals surface area contributed by atoms with Gasteiger partial charge in [0.1, 0.15) is 0 Å². The summed E-state index contributed by atoms with van der Waals surface area (Å²) >= 11 is 1.24. The molecule has 2 atom stereocenters. The lowest BCUT2D eigenvalue weighted by Crippen LogP contribution is -2.40. The molecule has 1 aliphatic heterocycles. The van der Waals surface area contributed by atoms with Gasteiger partial charge in [0.15, 0.2) is 9.84 Å². The fourth-order valence-electron chi connectivity index (χ4n) is 2.89. The number of amides is 1. The summed E-state index contributed by atoms with van der Waals surface area (Å²) in [4.78, 5) is 12.4. The highest BCUT2D eigenvalue weighted by atomic mass is 32.2. The number of aromatic nitrogens is 4. The van der Waals surface area contributed by atoms with Crippen LogP contribution in [0, 0.1) is 13.8 Å². The second-order valence-corrected chi connectivity index (χ2v) is 10.1. The van der Waals surface area contributed by atoms with Crippen molar-refractivity contribution in [2.24, 2.45) is 0 Å². The van der Waals surface area contributed by atoms with E-state index in [1.165, 1.54) is 11.8 Å². The van der Waals surface area contributed by atoms with Gasteiger partial charge in [-0.1, -0.05) is 29.5 Å². The topological polar surface area (TPSA) is 107 Å². The zero-order chi connectivity index (χ0) is 18.9. The molecular weight excluding hydrogens is 374 g/mol. The Morgan fingerprint density at radius 2 is 2.15 bits per heavy atom. The second kappa shape index (κ2) is 7.36. The first-order valence-electron chi connectivity index (χ1n) is 8.28. The van der Waals surface area contributed by atoms with Crippen LogP contribution in [0.4, 0.5) is 0 Å². The van der Waals surface area contributed by atoms with E-state index in [1.54, 1.807) is 11.6 Å². The molecule has 1 fully saturated rings. The maximum Gasteiger partial charge on any atom is 0.233 e. The normalized spacial score (nSPS) is 20.0. The van der Waals surface area contributed by atoms with E-state index < -0.39 is 15.1 Å². The van der Waals surface area contributed by atoms with Gasteiger partial charge < -0.3 is 5.32 Å². The highest BCUT2D eigenvalue weighted by Gasteiger charge is 2.30. The molecule has 1 N–H and O–H groups in total. The van der Waals surface area contributed by atoms with Crippen molar-refractivity contribution in [3.63, 3.8) is 0 Å². The summed E-state index contributed by atoms with van der Waals surface area (Å²) in [6, 6.07) is 5.65. The molecule has 0 saturated carbocycles. The molecule has 26 heavy (non-hydrogen) atoms. The predicted octanol–water partition coefficient (Wildman–Crippen LogP) is 1.06. The van der Waals surface area contributed by atoms with Crippen molar-refractivity contribution in [2.45, 2.75) is 43.6 Å². The molecule has 140 valence electrons. The third-order valence-electron chi connectivity index (χ3n) is 4.25. The van der Waals surface area contributed by atoms with E-state index in [2.05, 4.69) is 20.8 Å². The van der Waals surface area contributed by atoms with Gasteiger partial charge in [0.2, 0.25) is 11.1 Å². The smallest absolute Gasteiger partial charge is 0.233 e. The van der Waals surface area contributed by atoms with E-state index in [0.717, 1.165) is 16.8 Å². The Morgan fingerprint density at radius 3 is 2.81 bits per heavy atom. The van der Waals surface area contributed by atoms with Gasteiger partial charge in [-0.15, -0.1) is 5.10 Å². The van der Waals surface area contributed by atoms with Crippen LogP contribution in [-0.2, 0) is 14.6 Å². The Balaban J connectivity index is 1.69. The summed E-state index contributed by atoms with van der Waals surface area (Å²) in [6.45, 7) is 5.75. The van der Waals surface area contributed by atoms with Crippen molar-refractivity contribution in [1.82, 2.24) is 25.5 Å². The Kier molecular flexibility index (Phi) is 5.33. The van der Waals surface area contributed by atoms with Crippen molar-refractivity contribution in [3.05, 3.63) is 29.3 Å². The number of hydrogen-bond donors (Lipinski definition) is 1. The number of carbonyl (C=O) groups is 1. The number of thioether (sulfide) groups is 1. The molecule has 0 spiro atoms. The molecule has 0 radical (unpaired) electrons. The fourth-order valence-corrected chi connectivity index (χ4v) is 5.37. The van der Waals surface area contributed by atoms with Crippen LogP contribution in [0.15, 0.2) is 23.4 Å². The average Bonchev–Trinajstić information content (AvgIpc) is 3.13. The summed E-state index contributed by atoms with van der Waals surface area (Å²) < 4.78 is 24.7. The number of benzene rings is 1.